The lowest BCUT2D eigenvalue weighted by Crippen LogP contribution is -2.44. The van der Waals surface area contributed by atoms with Crippen LogP contribution in [0.5, 0.6) is 11.5 Å². The number of rotatable bonds is 14. The van der Waals surface area contributed by atoms with Gasteiger partial charge in [-0.15, -0.1) is 0 Å². The number of carbonyl (C=O) groups is 1. The first-order valence-corrected chi connectivity index (χ1v) is 14.0. The van der Waals surface area contributed by atoms with Gasteiger partial charge in [-0.3, -0.25) is 0 Å². The van der Waals surface area contributed by atoms with E-state index in [9.17, 15) is 4.79 Å². The van der Waals surface area contributed by atoms with Crippen molar-refractivity contribution in [3.8, 4) is 11.5 Å². The summed E-state index contributed by atoms with van der Waals surface area (Å²) in [6.07, 6.45) is 2.84. The van der Waals surface area contributed by atoms with Crippen LogP contribution in [-0.4, -0.2) is 46.3 Å². The van der Waals surface area contributed by atoms with Crippen molar-refractivity contribution in [1.29, 1.82) is 0 Å². The molecule has 216 valence electrons. The monoisotopic (exact) mass is 542 g/mol. The van der Waals surface area contributed by atoms with E-state index in [-0.39, 0.29) is 12.9 Å². The van der Waals surface area contributed by atoms with E-state index in [0.29, 0.717) is 54.6 Å². The van der Waals surface area contributed by atoms with Crippen LogP contribution in [0, 0.1) is 24.7 Å². The fourth-order valence-corrected chi connectivity index (χ4v) is 5.22. The third-order valence-electron chi connectivity index (χ3n) is 7.72. The van der Waals surface area contributed by atoms with Gasteiger partial charge in [0, 0.05) is 12.7 Å². The van der Waals surface area contributed by atoms with Gasteiger partial charge in [-0.25, -0.2) is 4.79 Å². The third kappa shape index (κ3) is 8.19. The zero-order valence-corrected chi connectivity index (χ0v) is 24.7. The van der Waals surface area contributed by atoms with Crippen molar-refractivity contribution in [2.75, 3.05) is 34.2 Å². The van der Waals surface area contributed by atoms with Crippen LogP contribution in [-0.2, 0) is 35.9 Å². The van der Waals surface area contributed by atoms with E-state index in [4.69, 9.17) is 28.4 Å². The minimum atomic E-state index is -1.50. The molecular formula is C32H46O7. The van der Waals surface area contributed by atoms with Gasteiger partial charge in [-0.2, -0.15) is 0 Å². The SMILES string of the molecule is COCCOCO[C@@](C)(C(=O)O[C@@H]1C[C@H](C)CC[C@H]1C(C)C)c1cc(OC)c(C)cc1OCc1ccccc1. The second-order valence-electron chi connectivity index (χ2n) is 11.1. The maximum atomic E-state index is 14.1. The molecule has 1 aliphatic carbocycles. The summed E-state index contributed by atoms with van der Waals surface area (Å²) in [7, 11) is 3.22. The molecule has 2 aromatic carbocycles. The van der Waals surface area contributed by atoms with Gasteiger partial charge in [-0.05, 0) is 67.7 Å². The van der Waals surface area contributed by atoms with Gasteiger partial charge in [0.2, 0.25) is 0 Å². The Balaban J connectivity index is 1.97. The molecule has 7 nitrogen and oxygen atoms in total. The molecule has 7 heteroatoms. The van der Waals surface area contributed by atoms with Gasteiger partial charge < -0.3 is 28.4 Å². The number of ether oxygens (including phenoxy) is 6. The first kappa shape index (κ1) is 30.9. The smallest absolute Gasteiger partial charge is 0.343 e. The van der Waals surface area contributed by atoms with Crippen LogP contribution < -0.4 is 9.47 Å². The van der Waals surface area contributed by atoms with Gasteiger partial charge in [0.25, 0.3) is 0 Å². The molecule has 39 heavy (non-hydrogen) atoms. The molecule has 0 heterocycles. The van der Waals surface area contributed by atoms with Crippen molar-refractivity contribution in [2.24, 2.45) is 17.8 Å². The summed E-state index contributed by atoms with van der Waals surface area (Å²) in [5, 5.41) is 0. The van der Waals surface area contributed by atoms with Crippen LogP contribution in [0.3, 0.4) is 0 Å². The zero-order chi connectivity index (χ0) is 28.4. The minimum absolute atomic E-state index is 0.113. The van der Waals surface area contributed by atoms with Crippen molar-refractivity contribution < 1.29 is 33.2 Å². The summed E-state index contributed by atoms with van der Waals surface area (Å²) >= 11 is 0. The number of benzene rings is 2. The van der Waals surface area contributed by atoms with Gasteiger partial charge >= 0.3 is 5.97 Å². The Bertz CT molecular complexity index is 1040. The Labute approximate surface area is 234 Å². The Morgan fingerprint density at radius 1 is 1.05 bits per heavy atom. The van der Waals surface area contributed by atoms with Crippen LogP contribution in [0.15, 0.2) is 42.5 Å². The largest absolute Gasteiger partial charge is 0.496 e. The Kier molecular flexibility index (Phi) is 11.6. The quantitative estimate of drug-likeness (QED) is 0.155. The number of hydrogen-bond acceptors (Lipinski definition) is 7. The summed E-state index contributed by atoms with van der Waals surface area (Å²) in [6, 6.07) is 13.6. The predicted molar refractivity (Wildman–Crippen MR) is 151 cm³/mol. The van der Waals surface area contributed by atoms with Crippen LogP contribution >= 0.6 is 0 Å². The Morgan fingerprint density at radius 2 is 1.79 bits per heavy atom. The molecule has 0 radical (unpaired) electrons. The van der Waals surface area contributed by atoms with E-state index < -0.39 is 11.6 Å². The van der Waals surface area contributed by atoms with Gasteiger partial charge in [-0.1, -0.05) is 57.5 Å². The van der Waals surface area contributed by atoms with E-state index in [2.05, 4.69) is 20.8 Å². The minimum Gasteiger partial charge on any atom is -0.496 e. The van der Waals surface area contributed by atoms with E-state index in [1.54, 1.807) is 21.1 Å². The maximum absolute atomic E-state index is 14.1. The highest BCUT2D eigenvalue weighted by atomic mass is 16.7. The maximum Gasteiger partial charge on any atom is 0.343 e. The first-order valence-electron chi connectivity index (χ1n) is 14.0. The highest BCUT2D eigenvalue weighted by molar-refractivity contribution is 5.82. The van der Waals surface area contributed by atoms with Crippen molar-refractivity contribution in [3.63, 3.8) is 0 Å². The predicted octanol–water partition coefficient (Wildman–Crippen LogP) is 6.44. The molecule has 0 spiro atoms. The number of esters is 1. The van der Waals surface area contributed by atoms with Crippen LogP contribution in [0.2, 0.25) is 0 Å². The number of hydrogen-bond donors (Lipinski definition) is 0. The van der Waals surface area contributed by atoms with Gasteiger partial charge in [0.15, 0.2) is 5.60 Å². The number of aryl methyl sites for hydroxylation is 1. The Hall–Kier alpha value is -2.61. The van der Waals surface area contributed by atoms with Gasteiger partial charge in [0.1, 0.15) is 31.0 Å². The standard InChI is InChI=1S/C32H46O7/c1-22(2)26-14-13-23(3)17-29(26)39-31(33)32(5,38-21-36-16-15-34-6)27-19-28(35-7)24(4)18-30(27)37-20-25-11-9-8-10-12-25/h8-12,18-19,22-23,26,29H,13-17,20-21H2,1-7H3/t23-,26+,29-,32-/m1/s1. The average molecular weight is 543 g/mol. The van der Waals surface area contributed by atoms with Crippen molar-refractivity contribution >= 4 is 5.97 Å². The molecule has 1 aliphatic rings. The first-order chi connectivity index (χ1) is 18.7. The highest BCUT2D eigenvalue weighted by Gasteiger charge is 2.44. The van der Waals surface area contributed by atoms with E-state index in [1.807, 2.05) is 49.4 Å². The molecular weight excluding hydrogens is 496 g/mol. The third-order valence-corrected chi connectivity index (χ3v) is 7.72. The molecule has 0 saturated heterocycles. The fraction of sp³-hybridized carbons (Fsp3) is 0.594. The summed E-state index contributed by atoms with van der Waals surface area (Å²) < 4.78 is 35.2. The lowest BCUT2D eigenvalue weighted by Gasteiger charge is -2.39. The van der Waals surface area contributed by atoms with E-state index in [1.165, 1.54) is 0 Å². The molecule has 4 atom stereocenters. The van der Waals surface area contributed by atoms with Gasteiger partial charge in [0.05, 0.1) is 20.3 Å². The van der Waals surface area contributed by atoms with E-state index >= 15 is 0 Å². The summed E-state index contributed by atoms with van der Waals surface area (Å²) in [4.78, 5) is 14.1. The molecule has 0 amide bonds. The van der Waals surface area contributed by atoms with Crippen molar-refractivity contribution in [2.45, 2.75) is 72.2 Å². The van der Waals surface area contributed by atoms with E-state index in [0.717, 1.165) is 30.4 Å². The second-order valence-corrected chi connectivity index (χ2v) is 11.1. The fourth-order valence-electron chi connectivity index (χ4n) is 5.22. The second kappa shape index (κ2) is 14.7. The summed E-state index contributed by atoms with van der Waals surface area (Å²) in [6.45, 7) is 11.3. The molecule has 2 aromatic rings. The average Bonchev–Trinajstić information content (AvgIpc) is 2.92. The highest BCUT2D eigenvalue weighted by Crippen LogP contribution is 2.41. The normalized spacial score (nSPS) is 20.9. The molecule has 0 aliphatic heterocycles. The summed E-state index contributed by atoms with van der Waals surface area (Å²) in [5.41, 5.74) is 0.937. The molecule has 1 fully saturated rings. The molecule has 0 N–H and O–H groups in total. The van der Waals surface area contributed by atoms with Crippen LogP contribution in [0.25, 0.3) is 0 Å². The number of carbonyl (C=O) groups excluding carboxylic acids is 1. The zero-order valence-electron chi connectivity index (χ0n) is 24.7. The molecule has 3 rings (SSSR count). The molecule has 0 bridgehead atoms. The van der Waals surface area contributed by atoms with Crippen molar-refractivity contribution in [3.05, 3.63) is 59.2 Å². The molecule has 1 saturated carbocycles. The molecule has 0 unspecified atom stereocenters. The number of methoxy groups -OCH3 is 2. The van der Waals surface area contributed by atoms with Crippen LogP contribution in [0.4, 0.5) is 0 Å². The Morgan fingerprint density at radius 3 is 2.46 bits per heavy atom. The summed E-state index contributed by atoms with van der Waals surface area (Å²) in [5.74, 6) is 1.90. The van der Waals surface area contributed by atoms with Crippen LogP contribution in [0.1, 0.15) is 63.6 Å². The topological polar surface area (TPSA) is 72.5 Å². The lowest BCUT2D eigenvalue weighted by atomic mass is 9.75. The lowest BCUT2D eigenvalue weighted by molar-refractivity contribution is -0.200. The molecule has 0 aromatic heterocycles. The van der Waals surface area contributed by atoms with Crippen molar-refractivity contribution in [1.82, 2.24) is 0 Å².